The molecule has 1 fully saturated rings. The number of carbonyl (C=O) groups is 1. The predicted molar refractivity (Wildman–Crippen MR) is 77.2 cm³/mol. The molecule has 1 aromatic heterocycles. The van der Waals surface area contributed by atoms with Gasteiger partial charge in [-0.2, -0.15) is 0 Å². The first kappa shape index (κ1) is 15.0. The van der Waals surface area contributed by atoms with Gasteiger partial charge in [-0.05, 0) is 19.5 Å². The summed E-state index contributed by atoms with van der Waals surface area (Å²) < 4.78 is 1.87. The lowest BCUT2D eigenvalue weighted by Crippen LogP contribution is -2.38. The normalized spacial score (nSPS) is 19.0. The van der Waals surface area contributed by atoms with Crippen LogP contribution in [0.25, 0.3) is 0 Å². The van der Waals surface area contributed by atoms with Crippen LogP contribution in [0.4, 0.5) is 0 Å². The SMILES string of the molecule is CCN(CC)[C@@H]1CCN(C(=O)CCc2nncn2C)C1. The summed E-state index contributed by atoms with van der Waals surface area (Å²) in [5.74, 6) is 1.11. The van der Waals surface area contributed by atoms with E-state index in [1.165, 1.54) is 0 Å². The number of likely N-dealkylation sites (N-methyl/N-ethyl adjacent to an activating group) is 1. The minimum atomic E-state index is 0.239. The van der Waals surface area contributed by atoms with Gasteiger partial charge in [0.2, 0.25) is 5.91 Å². The van der Waals surface area contributed by atoms with E-state index in [4.69, 9.17) is 0 Å². The minimum Gasteiger partial charge on any atom is -0.341 e. The molecule has 112 valence electrons. The largest absolute Gasteiger partial charge is 0.341 e. The van der Waals surface area contributed by atoms with Gasteiger partial charge in [0.25, 0.3) is 0 Å². The molecule has 0 unspecified atom stereocenters. The molecule has 0 bridgehead atoms. The summed E-state index contributed by atoms with van der Waals surface area (Å²) in [6, 6.07) is 0.531. The Balaban J connectivity index is 1.81. The number of aromatic nitrogens is 3. The molecular weight excluding hydrogens is 254 g/mol. The minimum absolute atomic E-state index is 0.239. The lowest BCUT2D eigenvalue weighted by molar-refractivity contribution is -0.130. The maximum atomic E-state index is 12.2. The highest BCUT2D eigenvalue weighted by atomic mass is 16.2. The quantitative estimate of drug-likeness (QED) is 0.769. The van der Waals surface area contributed by atoms with Crippen molar-refractivity contribution in [1.82, 2.24) is 24.6 Å². The summed E-state index contributed by atoms with van der Waals surface area (Å²) >= 11 is 0. The van der Waals surface area contributed by atoms with E-state index in [1.54, 1.807) is 6.33 Å². The van der Waals surface area contributed by atoms with Crippen molar-refractivity contribution in [2.75, 3.05) is 26.2 Å². The molecule has 2 rings (SSSR count). The van der Waals surface area contributed by atoms with Crippen LogP contribution in [-0.2, 0) is 18.3 Å². The van der Waals surface area contributed by atoms with Gasteiger partial charge in [-0.25, -0.2) is 0 Å². The number of amides is 1. The van der Waals surface area contributed by atoms with Gasteiger partial charge in [-0.15, -0.1) is 10.2 Å². The molecule has 2 heterocycles. The highest BCUT2D eigenvalue weighted by Crippen LogP contribution is 2.16. The van der Waals surface area contributed by atoms with E-state index in [0.717, 1.165) is 38.4 Å². The lowest BCUT2D eigenvalue weighted by atomic mass is 10.2. The van der Waals surface area contributed by atoms with Gasteiger partial charge in [0.15, 0.2) is 0 Å². The van der Waals surface area contributed by atoms with E-state index in [0.29, 0.717) is 18.9 Å². The van der Waals surface area contributed by atoms with Crippen molar-refractivity contribution in [1.29, 1.82) is 0 Å². The Labute approximate surface area is 120 Å². The maximum absolute atomic E-state index is 12.2. The van der Waals surface area contributed by atoms with E-state index in [1.807, 2.05) is 16.5 Å². The molecule has 1 aliphatic heterocycles. The molecule has 0 radical (unpaired) electrons. The van der Waals surface area contributed by atoms with Gasteiger partial charge in [0.05, 0.1) is 0 Å². The number of carbonyl (C=O) groups excluding carboxylic acids is 1. The van der Waals surface area contributed by atoms with Crippen LogP contribution in [0.5, 0.6) is 0 Å². The van der Waals surface area contributed by atoms with E-state index in [2.05, 4.69) is 28.9 Å². The Bertz CT molecular complexity index is 441. The van der Waals surface area contributed by atoms with Gasteiger partial charge >= 0.3 is 0 Å². The summed E-state index contributed by atoms with van der Waals surface area (Å²) in [5.41, 5.74) is 0. The fourth-order valence-electron chi connectivity index (χ4n) is 2.92. The summed E-state index contributed by atoms with van der Waals surface area (Å²) in [6.07, 6.45) is 3.96. The number of nitrogens with zero attached hydrogens (tertiary/aromatic N) is 5. The Morgan fingerprint density at radius 3 is 2.80 bits per heavy atom. The second-order valence-corrected chi connectivity index (χ2v) is 5.36. The highest BCUT2D eigenvalue weighted by Gasteiger charge is 2.28. The van der Waals surface area contributed by atoms with Crippen molar-refractivity contribution in [2.45, 2.75) is 39.2 Å². The molecule has 0 aliphatic carbocycles. The number of aryl methyl sites for hydroxylation is 2. The lowest BCUT2D eigenvalue weighted by Gasteiger charge is -2.26. The van der Waals surface area contributed by atoms with Gasteiger partial charge < -0.3 is 9.47 Å². The zero-order chi connectivity index (χ0) is 14.5. The Morgan fingerprint density at radius 2 is 2.20 bits per heavy atom. The third-order valence-electron chi connectivity index (χ3n) is 4.21. The number of hydrogen-bond donors (Lipinski definition) is 0. The number of hydrogen-bond acceptors (Lipinski definition) is 4. The summed E-state index contributed by atoms with van der Waals surface area (Å²) in [7, 11) is 1.91. The topological polar surface area (TPSA) is 54.3 Å². The second-order valence-electron chi connectivity index (χ2n) is 5.36. The number of likely N-dealkylation sites (tertiary alicyclic amines) is 1. The van der Waals surface area contributed by atoms with E-state index < -0.39 is 0 Å². The first-order chi connectivity index (χ1) is 9.65. The van der Waals surface area contributed by atoms with Crippen molar-refractivity contribution in [3.05, 3.63) is 12.2 Å². The third-order valence-corrected chi connectivity index (χ3v) is 4.21. The van der Waals surface area contributed by atoms with Gasteiger partial charge in [-0.1, -0.05) is 13.8 Å². The molecule has 1 atom stereocenters. The average Bonchev–Trinajstić information content (AvgIpc) is 3.07. The molecular formula is C14H25N5O. The standard InChI is InChI=1S/C14H25N5O/c1-4-18(5-2)12-8-9-19(10-12)14(20)7-6-13-16-15-11-17(13)3/h11-12H,4-10H2,1-3H3/t12-/m1/s1. The molecule has 0 spiro atoms. The maximum Gasteiger partial charge on any atom is 0.223 e. The zero-order valence-electron chi connectivity index (χ0n) is 12.7. The monoisotopic (exact) mass is 279 g/mol. The molecule has 6 nitrogen and oxygen atoms in total. The van der Waals surface area contributed by atoms with Crippen LogP contribution in [0.3, 0.4) is 0 Å². The summed E-state index contributed by atoms with van der Waals surface area (Å²) in [6.45, 7) is 8.24. The van der Waals surface area contributed by atoms with Crippen molar-refractivity contribution < 1.29 is 4.79 Å². The van der Waals surface area contributed by atoms with Crippen molar-refractivity contribution in [2.24, 2.45) is 7.05 Å². The first-order valence-corrected chi connectivity index (χ1v) is 7.50. The molecule has 0 aromatic carbocycles. The molecule has 0 N–H and O–H groups in total. The zero-order valence-corrected chi connectivity index (χ0v) is 12.7. The average molecular weight is 279 g/mol. The van der Waals surface area contributed by atoms with Crippen molar-refractivity contribution >= 4 is 5.91 Å². The Kier molecular flexibility index (Phi) is 5.11. The van der Waals surface area contributed by atoms with Crippen LogP contribution in [0.15, 0.2) is 6.33 Å². The Morgan fingerprint density at radius 1 is 1.45 bits per heavy atom. The van der Waals surface area contributed by atoms with Crippen molar-refractivity contribution in [3.63, 3.8) is 0 Å². The highest BCUT2D eigenvalue weighted by molar-refractivity contribution is 5.76. The molecule has 6 heteroatoms. The molecule has 1 saturated heterocycles. The third kappa shape index (κ3) is 3.36. The van der Waals surface area contributed by atoms with Gasteiger partial charge in [0.1, 0.15) is 12.2 Å². The molecule has 0 saturated carbocycles. The molecule has 1 amide bonds. The van der Waals surface area contributed by atoms with Crippen molar-refractivity contribution in [3.8, 4) is 0 Å². The predicted octanol–water partition coefficient (Wildman–Crippen LogP) is 0.690. The summed E-state index contributed by atoms with van der Waals surface area (Å²) in [4.78, 5) is 16.7. The van der Waals surface area contributed by atoms with E-state index in [9.17, 15) is 4.79 Å². The van der Waals surface area contributed by atoms with Gasteiger partial charge in [-0.3, -0.25) is 9.69 Å². The van der Waals surface area contributed by atoms with Crippen LogP contribution in [-0.4, -0.2) is 62.7 Å². The molecule has 1 aromatic rings. The van der Waals surface area contributed by atoms with Gasteiger partial charge in [0, 0.05) is 39.0 Å². The Hall–Kier alpha value is -1.43. The fourth-order valence-corrected chi connectivity index (χ4v) is 2.92. The fraction of sp³-hybridized carbons (Fsp3) is 0.786. The van der Waals surface area contributed by atoms with Crippen LogP contribution in [0, 0.1) is 0 Å². The molecule has 20 heavy (non-hydrogen) atoms. The summed E-state index contributed by atoms with van der Waals surface area (Å²) in [5, 5.41) is 7.85. The van der Waals surface area contributed by atoms with E-state index >= 15 is 0 Å². The smallest absolute Gasteiger partial charge is 0.223 e. The molecule has 1 aliphatic rings. The van der Waals surface area contributed by atoms with E-state index in [-0.39, 0.29) is 5.91 Å². The van der Waals surface area contributed by atoms with Crippen LogP contribution in [0.1, 0.15) is 32.5 Å². The second kappa shape index (κ2) is 6.83. The van der Waals surface area contributed by atoms with Crippen LogP contribution in [0.2, 0.25) is 0 Å². The van der Waals surface area contributed by atoms with Crippen LogP contribution < -0.4 is 0 Å². The van der Waals surface area contributed by atoms with Crippen LogP contribution >= 0.6 is 0 Å². The first-order valence-electron chi connectivity index (χ1n) is 7.50. The number of rotatable bonds is 6.